The van der Waals surface area contributed by atoms with Gasteiger partial charge in [0.25, 0.3) is 0 Å². The largest absolute Gasteiger partial charge is 0.416 e. The Morgan fingerprint density at radius 1 is 1.17 bits per heavy atom. The van der Waals surface area contributed by atoms with E-state index in [0.29, 0.717) is 0 Å². The Labute approximate surface area is 80.4 Å². The van der Waals surface area contributed by atoms with Crippen molar-refractivity contribution >= 4 is 24.0 Å². The lowest BCUT2D eigenvalue weighted by molar-refractivity contribution is 0.124. The van der Waals surface area contributed by atoms with Gasteiger partial charge in [-0.25, -0.2) is 0 Å². The van der Waals surface area contributed by atoms with Crippen molar-refractivity contribution in [2.75, 3.05) is 0 Å². The molecule has 0 bridgehead atoms. The van der Waals surface area contributed by atoms with Crippen molar-refractivity contribution < 1.29 is 4.43 Å². The van der Waals surface area contributed by atoms with Crippen LogP contribution >= 0.6 is 0 Å². The van der Waals surface area contributed by atoms with Crippen molar-refractivity contribution in [2.24, 2.45) is 0 Å². The average Bonchev–Trinajstić information content (AvgIpc) is 1.44. The summed E-state index contributed by atoms with van der Waals surface area (Å²) >= 11 is 0. The minimum Gasteiger partial charge on any atom is -0.416 e. The molecule has 1 fully saturated rings. The molecule has 0 aliphatic carbocycles. The number of hydrogen-bond donors (Lipinski definition) is 0. The fourth-order valence-corrected chi connectivity index (χ4v) is 42.8. The molecule has 1 saturated heterocycles. The molecule has 0 spiro atoms. The first-order valence-corrected chi connectivity index (χ1v) is 15.6. The third-order valence-electron chi connectivity index (χ3n) is 2.36. The second-order valence-corrected chi connectivity index (χ2v) is 30.0. The van der Waals surface area contributed by atoms with Gasteiger partial charge in [-0.2, -0.15) is 0 Å². The van der Waals surface area contributed by atoms with Gasteiger partial charge in [-0.15, -0.1) is 0 Å². The quantitative estimate of drug-likeness (QED) is 0.564. The van der Waals surface area contributed by atoms with Gasteiger partial charge in [0.15, 0.2) is 7.83 Å². The average molecular weight is 219 g/mol. The fourth-order valence-electron chi connectivity index (χ4n) is 3.19. The molecule has 0 atom stereocenters. The molecule has 12 heavy (non-hydrogen) atoms. The Balaban J connectivity index is 2.81. The van der Waals surface area contributed by atoms with Crippen LogP contribution in [0.5, 0.6) is 0 Å². The summed E-state index contributed by atoms with van der Waals surface area (Å²) in [6.45, 7) is 14.5. The first-order chi connectivity index (χ1) is 5.12. The van der Waals surface area contributed by atoms with Gasteiger partial charge in [-0.1, -0.05) is 13.1 Å². The van der Waals surface area contributed by atoms with Gasteiger partial charge in [0.2, 0.25) is 0 Å². The van der Waals surface area contributed by atoms with Gasteiger partial charge in [0.1, 0.15) is 0 Å². The van der Waals surface area contributed by atoms with E-state index in [2.05, 4.69) is 40.0 Å². The maximum absolute atomic E-state index is 6.23. The number of hydrogen-bond acceptors (Lipinski definition) is 1. The zero-order valence-electron chi connectivity index (χ0n) is 9.32. The van der Waals surface area contributed by atoms with Crippen LogP contribution in [0.3, 0.4) is 0 Å². The molecule has 1 aliphatic heterocycles. The van der Waals surface area contributed by atoms with Crippen LogP contribution in [0.4, 0.5) is 0 Å². The third-order valence-corrected chi connectivity index (χ3v) is 30.0. The van der Waals surface area contributed by atoms with E-state index in [1.165, 1.54) is 6.04 Å². The van der Waals surface area contributed by atoms with E-state index in [9.17, 15) is 0 Å². The van der Waals surface area contributed by atoms with Crippen LogP contribution in [-0.4, -0.2) is 29.6 Å². The van der Waals surface area contributed by atoms with E-state index < -0.39 is 15.4 Å². The molecule has 4 heteroatoms. The van der Waals surface area contributed by atoms with Crippen LogP contribution in [0, 0.1) is 0 Å². The third kappa shape index (κ3) is 2.83. The Morgan fingerprint density at radius 3 is 2.00 bits per heavy atom. The van der Waals surface area contributed by atoms with Gasteiger partial charge in [0, 0.05) is 21.7 Å². The van der Waals surface area contributed by atoms with E-state index in [1.54, 1.807) is 0 Å². The molecule has 1 aliphatic rings. The second-order valence-electron chi connectivity index (χ2n) is 6.14. The highest BCUT2D eigenvalue weighted by Crippen LogP contribution is 2.33. The van der Waals surface area contributed by atoms with Crippen molar-refractivity contribution in [1.29, 1.82) is 0 Å². The highest BCUT2D eigenvalue weighted by molar-refractivity contribution is 7.51. The molecule has 1 nitrogen and oxygen atoms in total. The summed E-state index contributed by atoms with van der Waals surface area (Å²) in [6.07, 6.45) is 0. The molecule has 0 aromatic carbocycles. The molecule has 0 N–H and O–H groups in total. The Hall–Kier alpha value is 0.611. The van der Waals surface area contributed by atoms with Crippen LogP contribution in [0.25, 0.3) is 0 Å². The normalized spacial score (nSPS) is 33.5. The fraction of sp³-hybridized carbons (Fsp3) is 1.00. The van der Waals surface area contributed by atoms with Crippen LogP contribution in [0.15, 0.2) is 0 Å². The summed E-state index contributed by atoms with van der Waals surface area (Å²) in [5, 5.41) is 0. The molecule has 1 rings (SSSR count). The van der Waals surface area contributed by atoms with Crippen LogP contribution < -0.4 is 0 Å². The molecule has 0 unspecified atom stereocenters. The topological polar surface area (TPSA) is 9.23 Å². The molecule has 0 aromatic rings. The predicted octanol–water partition coefficient (Wildman–Crippen LogP) is 1.87. The Morgan fingerprint density at radius 2 is 1.67 bits per heavy atom. The lowest BCUT2D eigenvalue weighted by atomic mass is 10.2. The summed E-state index contributed by atoms with van der Waals surface area (Å²) in [5.41, 5.74) is 0.205. The molecule has 0 amide bonds. The maximum Gasteiger partial charge on any atom is 0.165 e. The summed E-state index contributed by atoms with van der Waals surface area (Å²) < 4.78 is 6.23. The minimum absolute atomic E-state index is 0.151. The van der Waals surface area contributed by atoms with Gasteiger partial charge < -0.3 is 4.43 Å². The van der Waals surface area contributed by atoms with Crippen molar-refractivity contribution in [3.63, 3.8) is 0 Å². The Bertz CT molecular complexity index is 141. The zero-order valence-corrected chi connectivity index (χ0v) is 12.7. The smallest absolute Gasteiger partial charge is 0.165 e. The lowest BCUT2D eigenvalue weighted by Crippen LogP contribution is -2.63. The monoisotopic (exact) mass is 218 g/mol. The standard InChI is InChI=1S/C8H22OSi3/c1-8(2)7-11(3,4)10-12(5,6)9-8/h7,10H2,1-6H3. The van der Waals surface area contributed by atoms with Crippen molar-refractivity contribution in [3.8, 4) is 0 Å². The molecule has 72 valence electrons. The van der Waals surface area contributed by atoms with E-state index >= 15 is 0 Å². The number of rotatable bonds is 0. The molecule has 1 heterocycles. The maximum atomic E-state index is 6.23. The summed E-state index contributed by atoms with van der Waals surface area (Å²) in [7, 11) is -1.80. The van der Waals surface area contributed by atoms with Crippen LogP contribution in [-0.2, 0) is 4.43 Å². The summed E-state index contributed by atoms with van der Waals surface area (Å²) in [5.74, 6) is 0. The van der Waals surface area contributed by atoms with E-state index in [-0.39, 0.29) is 14.2 Å². The van der Waals surface area contributed by atoms with Crippen LogP contribution in [0.1, 0.15) is 13.8 Å². The molecular formula is C8H22OSi3. The zero-order chi connectivity index (χ0) is 9.62. The molecule has 0 radical (unpaired) electrons. The first kappa shape index (κ1) is 10.7. The van der Waals surface area contributed by atoms with Crippen molar-refractivity contribution in [2.45, 2.75) is 51.7 Å². The van der Waals surface area contributed by atoms with Gasteiger partial charge in [0.05, 0.1) is 0 Å². The van der Waals surface area contributed by atoms with E-state index in [4.69, 9.17) is 4.43 Å². The van der Waals surface area contributed by atoms with Crippen molar-refractivity contribution in [1.82, 2.24) is 0 Å². The summed E-state index contributed by atoms with van der Waals surface area (Å²) in [4.78, 5) is 0. The highest BCUT2D eigenvalue weighted by Gasteiger charge is 2.45. The summed E-state index contributed by atoms with van der Waals surface area (Å²) in [6, 6.07) is 1.39. The minimum atomic E-state index is -1.16. The SMILES string of the molecule is CC1(C)C[Si](C)(C)[SiH2][Si](C)(C)O1. The Kier molecular flexibility index (Phi) is 2.49. The van der Waals surface area contributed by atoms with E-state index in [1.807, 2.05) is 0 Å². The van der Waals surface area contributed by atoms with Crippen LogP contribution in [0.2, 0.25) is 32.2 Å². The second kappa shape index (κ2) is 2.80. The van der Waals surface area contributed by atoms with Gasteiger partial charge in [-0.05, 0) is 33.0 Å². The predicted molar refractivity (Wildman–Crippen MR) is 63.5 cm³/mol. The first-order valence-electron chi connectivity index (χ1n) is 4.82. The van der Waals surface area contributed by atoms with Crippen molar-refractivity contribution in [3.05, 3.63) is 0 Å². The lowest BCUT2D eigenvalue weighted by Gasteiger charge is -2.47. The highest BCUT2D eigenvalue weighted by atomic mass is 29.6. The van der Waals surface area contributed by atoms with Gasteiger partial charge in [-0.3, -0.25) is 0 Å². The molecule has 0 aromatic heterocycles. The van der Waals surface area contributed by atoms with Gasteiger partial charge >= 0.3 is 0 Å². The molecule has 0 saturated carbocycles. The molecular weight excluding hydrogens is 196 g/mol. The van der Waals surface area contributed by atoms with E-state index in [0.717, 1.165) is 0 Å².